The molecule has 0 radical (unpaired) electrons. The van der Waals surface area contributed by atoms with Crippen LogP contribution in [0.2, 0.25) is 0 Å². The summed E-state index contributed by atoms with van der Waals surface area (Å²) < 4.78 is 9.94. The fourth-order valence-corrected chi connectivity index (χ4v) is 4.37. The highest BCUT2D eigenvalue weighted by Crippen LogP contribution is 2.20. The zero-order valence-corrected chi connectivity index (χ0v) is 24.2. The molecule has 0 aliphatic carbocycles. The van der Waals surface area contributed by atoms with Crippen molar-refractivity contribution >= 4 is 51.1 Å². The maximum absolute atomic E-state index is 12.7. The fourth-order valence-electron chi connectivity index (χ4n) is 4.09. The van der Waals surface area contributed by atoms with Gasteiger partial charge in [0.15, 0.2) is 4.77 Å². The maximum Gasteiger partial charge on any atom is 0.259 e. The summed E-state index contributed by atoms with van der Waals surface area (Å²) in [4.78, 5) is 15.1. The minimum absolute atomic E-state index is 0.0236. The van der Waals surface area contributed by atoms with E-state index in [4.69, 9.17) is 17.0 Å². The summed E-state index contributed by atoms with van der Waals surface area (Å²) in [6, 6.07) is 18.6. The number of aryl methyl sites for hydroxylation is 1. The smallest absolute Gasteiger partial charge is 0.259 e. The number of para-hydroxylation sites is 1. The molecule has 0 bridgehead atoms. The second-order valence-electron chi connectivity index (χ2n) is 8.39. The van der Waals surface area contributed by atoms with Gasteiger partial charge in [-0.2, -0.15) is 0 Å². The summed E-state index contributed by atoms with van der Waals surface area (Å²) in [6.07, 6.45) is 0.0236. The lowest BCUT2D eigenvalue weighted by Gasteiger charge is -2.33. The topological polar surface area (TPSA) is 51.4 Å². The maximum atomic E-state index is 12.7. The summed E-state index contributed by atoms with van der Waals surface area (Å²) in [6.45, 7) is 7.88. The molecule has 2 aromatic carbocycles. The van der Waals surface area contributed by atoms with Crippen molar-refractivity contribution in [1.82, 2.24) is 14.0 Å². The van der Waals surface area contributed by atoms with Gasteiger partial charge >= 0.3 is 0 Å². The second kappa shape index (κ2) is 13.0. The third-order valence-electron chi connectivity index (χ3n) is 5.94. The van der Waals surface area contributed by atoms with Gasteiger partial charge in [-0.3, -0.25) is 18.8 Å². The predicted molar refractivity (Wildman–Crippen MR) is 154 cm³/mol. The fraction of sp³-hybridized carbons (Fsp3) is 0.360. The number of morpholine rings is 1. The van der Waals surface area contributed by atoms with Crippen LogP contribution in [0.5, 0.6) is 0 Å². The van der Waals surface area contributed by atoms with Crippen LogP contribution in [0.15, 0.2) is 59.4 Å². The molecule has 1 saturated heterocycles. The zero-order valence-electron chi connectivity index (χ0n) is 19.6. The third kappa shape index (κ3) is 6.57. The Balaban J connectivity index is 0.00000158. The van der Waals surface area contributed by atoms with E-state index in [1.807, 2.05) is 62.2 Å². The molecule has 0 spiro atoms. The number of nitrogens with one attached hydrogen (secondary N) is 1. The Morgan fingerprint density at radius 1 is 1.12 bits per heavy atom. The van der Waals surface area contributed by atoms with Gasteiger partial charge < -0.3 is 10.1 Å². The first kappa shape index (κ1) is 27.1. The van der Waals surface area contributed by atoms with Crippen LogP contribution in [0.1, 0.15) is 16.7 Å². The molecule has 34 heavy (non-hydrogen) atoms. The number of hydrogen-bond acceptors (Lipinski definition) is 5. The molecule has 1 aromatic heterocycles. The second-order valence-corrected chi connectivity index (χ2v) is 8.75. The number of rotatable bonds is 6. The SMILES string of the molecule is BrI.Cc1ccc(CN2CCOC(CNc3c(C)c(=O)n(C)c(=S)n3-c3ccccc3)C2)cc1. The quantitative estimate of drug-likeness (QED) is 0.278. The van der Waals surface area contributed by atoms with E-state index in [1.165, 1.54) is 15.7 Å². The van der Waals surface area contributed by atoms with Crippen molar-refractivity contribution in [3.8, 4) is 5.69 Å². The summed E-state index contributed by atoms with van der Waals surface area (Å²) in [5, 5.41) is 3.48. The molecule has 3 aromatic rings. The van der Waals surface area contributed by atoms with Gasteiger partial charge in [0.1, 0.15) is 5.82 Å². The monoisotopic (exact) mass is 656 g/mol. The summed E-state index contributed by atoms with van der Waals surface area (Å²) in [5.74, 6) is 0.726. The van der Waals surface area contributed by atoms with Gasteiger partial charge in [-0.1, -0.05) is 48.0 Å². The number of hydrogen-bond donors (Lipinski definition) is 1. The van der Waals surface area contributed by atoms with E-state index in [0.717, 1.165) is 31.1 Å². The van der Waals surface area contributed by atoms with Crippen LogP contribution in [0.3, 0.4) is 0 Å². The van der Waals surface area contributed by atoms with Crippen molar-refractivity contribution in [1.29, 1.82) is 0 Å². The van der Waals surface area contributed by atoms with Crippen molar-refractivity contribution in [3.63, 3.8) is 0 Å². The van der Waals surface area contributed by atoms with Crippen LogP contribution in [0, 0.1) is 18.6 Å². The van der Waals surface area contributed by atoms with Crippen LogP contribution < -0.4 is 10.9 Å². The number of halogens is 2. The van der Waals surface area contributed by atoms with Crippen molar-refractivity contribution in [3.05, 3.63) is 86.4 Å². The van der Waals surface area contributed by atoms with Crippen LogP contribution >= 0.6 is 45.3 Å². The number of ether oxygens (including phenoxy) is 1. The molecule has 1 aliphatic heterocycles. The molecule has 1 fully saturated rings. The van der Waals surface area contributed by atoms with Crippen molar-refractivity contribution in [2.24, 2.45) is 7.05 Å². The largest absolute Gasteiger partial charge is 0.374 e. The normalized spacial score (nSPS) is 16.0. The van der Waals surface area contributed by atoms with Crippen molar-refractivity contribution in [2.45, 2.75) is 26.5 Å². The number of anilines is 1. The van der Waals surface area contributed by atoms with E-state index in [-0.39, 0.29) is 11.7 Å². The average molecular weight is 657 g/mol. The van der Waals surface area contributed by atoms with Gasteiger partial charge in [-0.25, -0.2) is 0 Å². The minimum Gasteiger partial charge on any atom is -0.374 e. The molecule has 1 unspecified atom stereocenters. The molecule has 1 N–H and O–H groups in total. The van der Waals surface area contributed by atoms with Gasteiger partial charge in [0.2, 0.25) is 0 Å². The molecule has 182 valence electrons. The number of benzene rings is 2. The highest BCUT2D eigenvalue weighted by molar-refractivity contribution is 14.2. The molecule has 4 rings (SSSR count). The van der Waals surface area contributed by atoms with Gasteiger partial charge in [-0.15, -0.1) is 0 Å². The number of aromatic nitrogens is 2. The molecule has 1 aliphatic rings. The first-order chi connectivity index (χ1) is 16.4. The summed E-state index contributed by atoms with van der Waals surface area (Å²) in [7, 11) is 1.72. The Hall–Kier alpha value is -1.53. The van der Waals surface area contributed by atoms with Crippen molar-refractivity contribution < 1.29 is 4.74 Å². The van der Waals surface area contributed by atoms with Crippen LogP contribution in [-0.4, -0.2) is 46.4 Å². The van der Waals surface area contributed by atoms with E-state index >= 15 is 0 Å². The van der Waals surface area contributed by atoms with E-state index in [2.05, 4.69) is 54.1 Å². The number of nitrogens with zero attached hydrogens (tertiary/aromatic N) is 3. The van der Waals surface area contributed by atoms with Gasteiger partial charge in [-0.05, 0) is 56.5 Å². The minimum atomic E-state index is -0.0877. The Kier molecular flexibility index (Phi) is 10.3. The van der Waals surface area contributed by atoms with E-state index in [1.54, 1.807) is 7.05 Å². The lowest BCUT2D eigenvalue weighted by atomic mass is 10.1. The van der Waals surface area contributed by atoms with E-state index in [9.17, 15) is 4.79 Å². The zero-order chi connectivity index (χ0) is 24.7. The van der Waals surface area contributed by atoms with Crippen molar-refractivity contribution in [2.75, 3.05) is 31.6 Å². The van der Waals surface area contributed by atoms with Crippen LogP contribution in [0.4, 0.5) is 5.82 Å². The standard InChI is InChI=1S/C25H30N4O2S.BrI/c1-18-9-11-20(12-10-18)16-28-13-14-31-22(17-28)15-26-23-19(2)24(30)27(3)25(32)29(23)21-7-5-4-6-8-21;1-2/h4-12,22,26H,13-17H2,1-3H3;. The van der Waals surface area contributed by atoms with Gasteiger partial charge in [0.25, 0.3) is 5.56 Å². The molecule has 2 heterocycles. The Morgan fingerprint density at radius 2 is 1.79 bits per heavy atom. The lowest BCUT2D eigenvalue weighted by molar-refractivity contribution is -0.0241. The molecule has 1 atom stereocenters. The van der Waals surface area contributed by atoms with Gasteiger partial charge in [0, 0.05) is 59.3 Å². The predicted octanol–water partition coefficient (Wildman–Crippen LogP) is 5.57. The van der Waals surface area contributed by atoms with Crippen LogP contribution in [0.25, 0.3) is 5.69 Å². The lowest BCUT2D eigenvalue weighted by Crippen LogP contribution is -2.45. The van der Waals surface area contributed by atoms with E-state index < -0.39 is 0 Å². The Bertz CT molecular complexity index is 1200. The first-order valence-electron chi connectivity index (χ1n) is 11.1. The Labute approximate surface area is 225 Å². The van der Waals surface area contributed by atoms with Gasteiger partial charge in [0.05, 0.1) is 18.3 Å². The first-order valence-corrected chi connectivity index (χ1v) is 16.3. The molecular formula is C25H30BrIN4O2S. The highest BCUT2D eigenvalue weighted by Gasteiger charge is 2.22. The molecule has 0 amide bonds. The molecule has 0 saturated carbocycles. The molecule has 9 heteroatoms. The summed E-state index contributed by atoms with van der Waals surface area (Å²) >= 11 is 10.5. The highest BCUT2D eigenvalue weighted by atomic mass is 127. The molecule has 6 nitrogen and oxygen atoms in total. The Morgan fingerprint density at radius 3 is 2.47 bits per heavy atom. The average Bonchev–Trinajstić information content (AvgIpc) is 2.87. The third-order valence-corrected chi connectivity index (χ3v) is 6.40. The summed E-state index contributed by atoms with van der Waals surface area (Å²) in [5.41, 5.74) is 4.05. The van der Waals surface area contributed by atoms with Crippen LogP contribution in [-0.2, 0) is 18.3 Å². The van der Waals surface area contributed by atoms with E-state index in [0.29, 0.717) is 23.5 Å². The molecular weight excluding hydrogens is 627 g/mol.